The number of nitrogens with two attached hydrogens (primary N) is 1. The van der Waals surface area contributed by atoms with Crippen LogP contribution in [-0.2, 0) is 0 Å². The van der Waals surface area contributed by atoms with Gasteiger partial charge in [-0.15, -0.1) is 0 Å². The van der Waals surface area contributed by atoms with E-state index in [-0.39, 0.29) is 5.82 Å². The first-order valence-corrected chi connectivity index (χ1v) is 6.55. The Kier molecular flexibility index (Phi) is 4.19. The smallest absolute Gasteiger partial charge is 0.146 e. The molecule has 1 aliphatic heterocycles. The van der Waals surface area contributed by atoms with Gasteiger partial charge >= 0.3 is 0 Å². The topological polar surface area (TPSA) is 32.5 Å². The van der Waals surface area contributed by atoms with Gasteiger partial charge in [-0.2, -0.15) is 0 Å². The van der Waals surface area contributed by atoms with Crippen LogP contribution in [0.15, 0.2) is 24.3 Å². The molecular weight excluding hydrogens is 229 g/mol. The number of halogens is 1. The zero-order chi connectivity index (χ0) is 13.1. The van der Waals surface area contributed by atoms with Crippen molar-refractivity contribution in [2.75, 3.05) is 31.6 Å². The minimum Gasteiger partial charge on any atom is -0.364 e. The van der Waals surface area contributed by atoms with E-state index < -0.39 is 0 Å². The fraction of sp³-hybridized carbons (Fsp3) is 0.571. The first kappa shape index (κ1) is 13.3. The van der Waals surface area contributed by atoms with Gasteiger partial charge in [-0.05, 0) is 39.1 Å². The SMILES string of the molecule is CC1CN(C)C(CCN)CN1c1ccccc1F. The average Bonchev–Trinajstić information content (AvgIpc) is 2.34. The molecule has 0 saturated carbocycles. The van der Waals surface area contributed by atoms with Crippen LogP contribution < -0.4 is 10.6 Å². The van der Waals surface area contributed by atoms with Crippen molar-refractivity contribution in [1.82, 2.24) is 4.90 Å². The second-order valence-corrected chi connectivity index (χ2v) is 5.12. The average molecular weight is 251 g/mol. The molecule has 0 aliphatic carbocycles. The fourth-order valence-corrected chi connectivity index (χ4v) is 2.74. The summed E-state index contributed by atoms with van der Waals surface area (Å²) in [4.78, 5) is 4.49. The summed E-state index contributed by atoms with van der Waals surface area (Å²) in [7, 11) is 2.12. The zero-order valence-corrected chi connectivity index (χ0v) is 11.1. The number of hydrogen-bond acceptors (Lipinski definition) is 3. The highest BCUT2D eigenvalue weighted by Gasteiger charge is 2.29. The van der Waals surface area contributed by atoms with E-state index in [9.17, 15) is 4.39 Å². The van der Waals surface area contributed by atoms with Gasteiger partial charge in [-0.3, -0.25) is 4.90 Å². The van der Waals surface area contributed by atoms with Gasteiger partial charge in [0.15, 0.2) is 0 Å². The highest BCUT2D eigenvalue weighted by molar-refractivity contribution is 5.49. The number of hydrogen-bond donors (Lipinski definition) is 1. The Hall–Kier alpha value is -1.13. The maximum atomic E-state index is 13.9. The second kappa shape index (κ2) is 5.67. The van der Waals surface area contributed by atoms with Crippen LogP contribution in [0.2, 0.25) is 0 Å². The molecule has 0 amide bonds. The third kappa shape index (κ3) is 2.65. The molecule has 1 saturated heterocycles. The minimum atomic E-state index is -0.139. The number of likely N-dealkylation sites (N-methyl/N-ethyl adjacent to an activating group) is 1. The number of benzene rings is 1. The summed E-state index contributed by atoms with van der Waals surface area (Å²) < 4.78 is 13.9. The lowest BCUT2D eigenvalue weighted by atomic mass is 10.0. The van der Waals surface area contributed by atoms with E-state index in [1.807, 2.05) is 12.1 Å². The molecule has 1 aromatic carbocycles. The van der Waals surface area contributed by atoms with Crippen molar-refractivity contribution in [2.24, 2.45) is 5.73 Å². The molecule has 100 valence electrons. The van der Waals surface area contributed by atoms with E-state index in [1.165, 1.54) is 6.07 Å². The van der Waals surface area contributed by atoms with Crippen LogP contribution in [0.4, 0.5) is 10.1 Å². The van der Waals surface area contributed by atoms with E-state index in [0.717, 1.165) is 19.5 Å². The number of para-hydroxylation sites is 1. The molecule has 0 bridgehead atoms. The molecule has 0 spiro atoms. The molecule has 4 heteroatoms. The molecular formula is C14H22FN3. The molecule has 1 heterocycles. The Balaban J connectivity index is 2.19. The van der Waals surface area contributed by atoms with E-state index >= 15 is 0 Å². The number of piperazine rings is 1. The molecule has 0 radical (unpaired) electrons. The van der Waals surface area contributed by atoms with Gasteiger partial charge < -0.3 is 10.6 Å². The molecule has 2 unspecified atom stereocenters. The van der Waals surface area contributed by atoms with Gasteiger partial charge in [0.1, 0.15) is 5.82 Å². The summed E-state index contributed by atoms with van der Waals surface area (Å²) in [5, 5.41) is 0. The molecule has 0 aromatic heterocycles. The Morgan fingerprint density at radius 3 is 2.72 bits per heavy atom. The van der Waals surface area contributed by atoms with Gasteiger partial charge in [0.2, 0.25) is 0 Å². The molecule has 1 aromatic rings. The lowest BCUT2D eigenvalue weighted by molar-refractivity contribution is 0.184. The van der Waals surface area contributed by atoms with Crippen molar-refractivity contribution in [3.63, 3.8) is 0 Å². The molecule has 1 fully saturated rings. The summed E-state index contributed by atoms with van der Waals surface area (Å²) in [5.74, 6) is -0.139. The first-order chi connectivity index (χ1) is 8.63. The molecule has 18 heavy (non-hydrogen) atoms. The van der Waals surface area contributed by atoms with Crippen LogP contribution in [0, 0.1) is 5.82 Å². The lowest BCUT2D eigenvalue weighted by Gasteiger charge is -2.45. The van der Waals surface area contributed by atoms with E-state index in [0.29, 0.717) is 24.3 Å². The van der Waals surface area contributed by atoms with Crippen LogP contribution in [0.1, 0.15) is 13.3 Å². The molecule has 2 rings (SSSR count). The fourth-order valence-electron chi connectivity index (χ4n) is 2.74. The highest BCUT2D eigenvalue weighted by atomic mass is 19.1. The largest absolute Gasteiger partial charge is 0.364 e. The predicted octanol–water partition coefficient (Wildman–Crippen LogP) is 1.68. The van der Waals surface area contributed by atoms with Crippen LogP contribution in [0.25, 0.3) is 0 Å². The van der Waals surface area contributed by atoms with Crippen molar-refractivity contribution in [3.05, 3.63) is 30.1 Å². The van der Waals surface area contributed by atoms with Gasteiger partial charge in [-0.25, -0.2) is 4.39 Å². The summed E-state index contributed by atoms with van der Waals surface area (Å²) in [6.45, 7) is 4.60. The summed E-state index contributed by atoms with van der Waals surface area (Å²) in [5.41, 5.74) is 6.36. The number of rotatable bonds is 3. The van der Waals surface area contributed by atoms with Gasteiger partial charge in [0, 0.05) is 25.2 Å². The summed E-state index contributed by atoms with van der Waals surface area (Å²) in [6, 6.07) is 7.74. The monoisotopic (exact) mass is 251 g/mol. The maximum absolute atomic E-state index is 13.9. The van der Waals surface area contributed by atoms with Crippen LogP contribution >= 0.6 is 0 Å². The van der Waals surface area contributed by atoms with Crippen LogP contribution in [-0.4, -0.2) is 43.7 Å². The van der Waals surface area contributed by atoms with Crippen molar-refractivity contribution in [2.45, 2.75) is 25.4 Å². The summed E-state index contributed by atoms with van der Waals surface area (Å²) in [6.07, 6.45) is 0.953. The molecule has 2 N–H and O–H groups in total. The van der Waals surface area contributed by atoms with Gasteiger partial charge in [-0.1, -0.05) is 12.1 Å². The highest BCUT2D eigenvalue weighted by Crippen LogP contribution is 2.25. The van der Waals surface area contributed by atoms with Gasteiger partial charge in [0.25, 0.3) is 0 Å². The summed E-state index contributed by atoms with van der Waals surface area (Å²) >= 11 is 0. The minimum absolute atomic E-state index is 0.139. The zero-order valence-electron chi connectivity index (χ0n) is 11.1. The molecule has 3 nitrogen and oxygen atoms in total. The second-order valence-electron chi connectivity index (χ2n) is 5.12. The van der Waals surface area contributed by atoms with Crippen LogP contribution in [0.3, 0.4) is 0 Å². The van der Waals surface area contributed by atoms with Crippen molar-refractivity contribution < 1.29 is 4.39 Å². The van der Waals surface area contributed by atoms with E-state index in [2.05, 4.69) is 23.8 Å². The van der Waals surface area contributed by atoms with Crippen molar-refractivity contribution in [3.8, 4) is 0 Å². The van der Waals surface area contributed by atoms with E-state index in [4.69, 9.17) is 5.73 Å². The predicted molar refractivity (Wildman–Crippen MR) is 73.3 cm³/mol. The molecule has 2 atom stereocenters. The third-order valence-electron chi connectivity index (χ3n) is 3.78. The quantitative estimate of drug-likeness (QED) is 0.887. The van der Waals surface area contributed by atoms with Gasteiger partial charge in [0.05, 0.1) is 5.69 Å². The third-order valence-corrected chi connectivity index (χ3v) is 3.78. The molecule has 1 aliphatic rings. The normalized spacial score (nSPS) is 25.4. The Bertz CT molecular complexity index is 396. The Morgan fingerprint density at radius 1 is 1.33 bits per heavy atom. The first-order valence-electron chi connectivity index (χ1n) is 6.55. The van der Waals surface area contributed by atoms with Crippen molar-refractivity contribution >= 4 is 5.69 Å². The lowest BCUT2D eigenvalue weighted by Crippen LogP contribution is -2.56. The Labute approximate surface area is 108 Å². The Morgan fingerprint density at radius 2 is 2.06 bits per heavy atom. The van der Waals surface area contributed by atoms with Crippen LogP contribution in [0.5, 0.6) is 0 Å². The van der Waals surface area contributed by atoms with E-state index in [1.54, 1.807) is 6.07 Å². The standard InChI is InChI=1S/C14H22FN3/c1-11-9-17(2)12(7-8-16)10-18(11)14-6-4-3-5-13(14)15/h3-6,11-12H,7-10,16H2,1-2H3. The number of anilines is 1. The number of nitrogens with zero attached hydrogens (tertiary/aromatic N) is 2. The van der Waals surface area contributed by atoms with Crippen molar-refractivity contribution in [1.29, 1.82) is 0 Å². The maximum Gasteiger partial charge on any atom is 0.146 e.